The van der Waals surface area contributed by atoms with E-state index < -0.39 is 0 Å². The first-order chi connectivity index (χ1) is 9.67. The molecular formula is C15H22N4O. The molecule has 1 aliphatic carbocycles. The molecule has 20 heavy (non-hydrogen) atoms. The molecule has 3 rings (SSSR count). The van der Waals surface area contributed by atoms with Crippen LogP contribution in [0.1, 0.15) is 31.0 Å². The molecule has 0 radical (unpaired) electrons. The molecule has 1 N–H and O–H groups in total. The van der Waals surface area contributed by atoms with Gasteiger partial charge in [0.2, 0.25) is 5.91 Å². The van der Waals surface area contributed by atoms with Crippen molar-refractivity contribution in [3.8, 4) is 0 Å². The Morgan fingerprint density at radius 2 is 2.25 bits per heavy atom. The first-order valence-corrected chi connectivity index (χ1v) is 7.49. The van der Waals surface area contributed by atoms with Gasteiger partial charge in [0.15, 0.2) is 5.82 Å². The van der Waals surface area contributed by atoms with Crippen molar-refractivity contribution >= 4 is 11.7 Å². The van der Waals surface area contributed by atoms with E-state index in [0.29, 0.717) is 0 Å². The molecule has 5 heteroatoms. The van der Waals surface area contributed by atoms with Crippen molar-refractivity contribution in [1.82, 2.24) is 15.5 Å². The van der Waals surface area contributed by atoms with Gasteiger partial charge in [-0.3, -0.25) is 4.79 Å². The summed E-state index contributed by atoms with van der Waals surface area (Å²) in [4.78, 5) is 13.9. The molecule has 2 aliphatic rings. The van der Waals surface area contributed by atoms with Gasteiger partial charge in [-0.1, -0.05) is 6.92 Å². The van der Waals surface area contributed by atoms with E-state index in [9.17, 15) is 4.79 Å². The van der Waals surface area contributed by atoms with Crippen LogP contribution in [0.2, 0.25) is 0 Å². The Morgan fingerprint density at radius 1 is 1.40 bits per heavy atom. The summed E-state index contributed by atoms with van der Waals surface area (Å²) in [5, 5.41) is 11.5. The number of hydrogen-bond acceptors (Lipinski definition) is 4. The third-order valence-electron chi connectivity index (χ3n) is 4.52. The number of anilines is 1. The fourth-order valence-electron chi connectivity index (χ4n) is 3.23. The van der Waals surface area contributed by atoms with Crippen LogP contribution in [0.25, 0.3) is 0 Å². The van der Waals surface area contributed by atoms with Crippen molar-refractivity contribution < 1.29 is 4.79 Å². The van der Waals surface area contributed by atoms with Gasteiger partial charge in [-0.05, 0) is 43.2 Å². The fraction of sp³-hybridized carbons (Fsp3) is 0.667. The number of carbonyl (C=O) groups excluding carboxylic acids is 1. The first-order valence-electron chi connectivity index (χ1n) is 7.49. The smallest absolute Gasteiger partial charge is 0.224 e. The minimum Gasteiger partial charge on any atom is -0.359 e. The lowest BCUT2D eigenvalue weighted by Gasteiger charge is -2.23. The number of amides is 1. The van der Waals surface area contributed by atoms with Gasteiger partial charge in [-0.2, -0.15) is 5.10 Å². The Bertz CT molecular complexity index is 517. The maximum Gasteiger partial charge on any atom is 0.224 e. The zero-order chi connectivity index (χ0) is 14.1. The lowest BCUT2D eigenvalue weighted by molar-refractivity contribution is -0.123. The average Bonchev–Trinajstić information content (AvgIpc) is 2.95. The molecule has 0 aromatic carbocycles. The second-order valence-electron chi connectivity index (χ2n) is 6.07. The maximum atomic E-state index is 11.7. The normalized spacial score (nSPS) is 25.4. The van der Waals surface area contributed by atoms with Crippen molar-refractivity contribution in [3.63, 3.8) is 0 Å². The predicted molar refractivity (Wildman–Crippen MR) is 77.6 cm³/mol. The molecule has 108 valence electrons. The van der Waals surface area contributed by atoms with Crippen LogP contribution < -0.4 is 10.2 Å². The molecule has 2 heterocycles. The molecule has 1 aromatic heterocycles. The third kappa shape index (κ3) is 2.49. The largest absolute Gasteiger partial charge is 0.359 e. The van der Waals surface area contributed by atoms with E-state index in [2.05, 4.69) is 33.4 Å². The Hall–Kier alpha value is -1.65. The summed E-state index contributed by atoms with van der Waals surface area (Å²) in [5.74, 6) is 1.88. The van der Waals surface area contributed by atoms with Crippen LogP contribution in [0.15, 0.2) is 6.07 Å². The average molecular weight is 274 g/mol. The Balaban J connectivity index is 1.75. The van der Waals surface area contributed by atoms with Crippen molar-refractivity contribution in [2.24, 2.45) is 11.8 Å². The van der Waals surface area contributed by atoms with Gasteiger partial charge in [0, 0.05) is 20.1 Å². The van der Waals surface area contributed by atoms with Crippen LogP contribution >= 0.6 is 0 Å². The first kappa shape index (κ1) is 13.3. The monoisotopic (exact) mass is 274 g/mol. The highest BCUT2D eigenvalue weighted by Crippen LogP contribution is 2.28. The Morgan fingerprint density at radius 3 is 3.05 bits per heavy atom. The summed E-state index contributed by atoms with van der Waals surface area (Å²) >= 11 is 0. The number of aromatic nitrogens is 2. The number of hydrogen-bond donors (Lipinski definition) is 1. The third-order valence-corrected chi connectivity index (χ3v) is 4.52. The van der Waals surface area contributed by atoms with Gasteiger partial charge < -0.3 is 10.2 Å². The SMILES string of the molecule is CNC(=O)C1CCN(c2cc3c(nn2)CCC(C)C3)C1. The van der Waals surface area contributed by atoms with E-state index in [1.54, 1.807) is 7.05 Å². The summed E-state index contributed by atoms with van der Waals surface area (Å²) < 4.78 is 0. The van der Waals surface area contributed by atoms with Gasteiger partial charge in [0.25, 0.3) is 0 Å². The number of nitrogens with one attached hydrogen (secondary N) is 1. The lowest BCUT2D eigenvalue weighted by atomic mass is 9.88. The number of fused-ring (bicyclic) bond motifs is 1. The zero-order valence-electron chi connectivity index (χ0n) is 12.2. The minimum absolute atomic E-state index is 0.0803. The lowest BCUT2D eigenvalue weighted by Crippen LogP contribution is -2.30. The summed E-state index contributed by atoms with van der Waals surface area (Å²) in [6, 6.07) is 2.18. The van der Waals surface area contributed by atoms with E-state index in [0.717, 1.165) is 49.8 Å². The van der Waals surface area contributed by atoms with Crippen molar-refractivity contribution in [3.05, 3.63) is 17.3 Å². The minimum atomic E-state index is 0.0803. The van der Waals surface area contributed by atoms with Crippen molar-refractivity contribution in [2.75, 3.05) is 25.0 Å². The fourth-order valence-corrected chi connectivity index (χ4v) is 3.23. The number of carbonyl (C=O) groups is 1. The highest BCUT2D eigenvalue weighted by Gasteiger charge is 2.29. The highest BCUT2D eigenvalue weighted by atomic mass is 16.1. The van der Waals surface area contributed by atoms with Gasteiger partial charge >= 0.3 is 0 Å². The summed E-state index contributed by atoms with van der Waals surface area (Å²) in [5.41, 5.74) is 2.51. The summed E-state index contributed by atoms with van der Waals surface area (Å²) in [6.07, 6.45) is 4.26. The number of aryl methyl sites for hydroxylation is 1. The molecule has 0 spiro atoms. The van der Waals surface area contributed by atoms with Crippen LogP contribution in [-0.4, -0.2) is 36.2 Å². The molecule has 0 bridgehead atoms. The summed E-state index contributed by atoms with van der Waals surface area (Å²) in [7, 11) is 1.70. The van der Waals surface area contributed by atoms with Crippen LogP contribution in [0.4, 0.5) is 5.82 Å². The van der Waals surface area contributed by atoms with Gasteiger partial charge in [-0.15, -0.1) is 5.10 Å². The Kier molecular flexibility index (Phi) is 3.59. The topological polar surface area (TPSA) is 58.1 Å². The predicted octanol–water partition coefficient (Wildman–Crippen LogP) is 1.17. The molecule has 5 nitrogen and oxygen atoms in total. The quantitative estimate of drug-likeness (QED) is 0.879. The van der Waals surface area contributed by atoms with Crippen LogP contribution in [0, 0.1) is 11.8 Å². The van der Waals surface area contributed by atoms with Gasteiger partial charge in [0.05, 0.1) is 11.6 Å². The van der Waals surface area contributed by atoms with Crippen molar-refractivity contribution in [1.29, 1.82) is 0 Å². The molecule has 1 fully saturated rings. The second-order valence-corrected chi connectivity index (χ2v) is 6.07. The van der Waals surface area contributed by atoms with E-state index >= 15 is 0 Å². The molecule has 2 unspecified atom stereocenters. The van der Waals surface area contributed by atoms with Crippen LogP contribution in [0.5, 0.6) is 0 Å². The zero-order valence-corrected chi connectivity index (χ0v) is 12.2. The molecule has 1 aliphatic heterocycles. The molecule has 1 amide bonds. The van der Waals surface area contributed by atoms with E-state index in [4.69, 9.17) is 0 Å². The van der Waals surface area contributed by atoms with Crippen molar-refractivity contribution in [2.45, 2.75) is 32.6 Å². The van der Waals surface area contributed by atoms with E-state index in [-0.39, 0.29) is 11.8 Å². The molecule has 0 saturated carbocycles. The van der Waals surface area contributed by atoms with Gasteiger partial charge in [-0.25, -0.2) is 0 Å². The van der Waals surface area contributed by atoms with E-state index in [1.165, 1.54) is 12.0 Å². The van der Waals surface area contributed by atoms with Crippen LogP contribution in [0.3, 0.4) is 0 Å². The molecule has 1 saturated heterocycles. The Labute approximate surface area is 119 Å². The molecular weight excluding hydrogens is 252 g/mol. The highest BCUT2D eigenvalue weighted by molar-refractivity contribution is 5.79. The van der Waals surface area contributed by atoms with Gasteiger partial charge in [0.1, 0.15) is 0 Å². The number of rotatable bonds is 2. The second kappa shape index (κ2) is 5.38. The van der Waals surface area contributed by atoms with Crippen LogP contribution in [-0.2, 0) is 17.6 Å². The van der Waals surface area contributed by atoms with E-state index in [1.807, 2.05) is 0 Å². The standard InChI is InChI=1S/C15H22N4O/c1-10-3-4-13-12(7-10)8-14(18-17-13)19-6-5-11(9-19)15(20)16-2/h8,10-11H,3-7,9H2,1-2H3,(H,16,20). The number of nitrogens with zero attached hydrogens (tertiary/aromatic N) is 3. The molecule has 1 aromatic rings. The molecule has 2 atom stereocenters. The summed E-state index contributed by atoms with van der Waals surface area (Å²) in [6.45, 7) is 3.93. The maximum absolute atomic E-state index is 11.7.